The Labute approximate surface area is 128 Å². The van der Waals surface area contributed by atoms with E-state index in [-0.39, 0.29) is 29.3 Å². The zero-order chi connectivity index (χ0) is 16.1. The average molecular weight is 308 g/mol. The van der Waals surface area contributed by atoms with Gasteiger partial charge in [-0.15, -0.1) is 0 Å². The van der Waals surface area contributed by atoms with E-state index in [1.54, 1.807) is 4.90 Å². The second kappa shape index (κ2) is 7.11. The molecule has 0 radical (unpaired) electrons. The topological polar surface area (TPSA) is 99.9 Å². The first-order valence-electron chi connectivity index (χ1n) is 7.43. The number of nitrogens with zero attached hydrogens (tertiary/aromatic N) is 1. The van der Waals surface area contributed by atoms with Gasteiger partial charge in [-0.2, -0.15) is 0 Å². The van der Waals surface area contributed by atoms with Crippen LogP contribution in [0.15, 0.2) is 16.5 Å². The summed E-state index contributed by atoms with van der Waals surface area (Å²) in [5.41, 5.74) is 0. The van der Waals surface area contributed by atoms with E-state index in [4.69, 9.17) is 9.52 Å². The lowest BCUT2D eigenvalue weighted by molar-refractivity contribution is -0.126. The SMILES string of the molecule is CCCNC(=O)C1CCN(C(=O)c2ccc(C(=O)O)o2)CC1. The molecule has 0 aromatic carbocycles. The van der Waals surface area contributed by atoms with Crippen LogP contribution < -0.4 is 5.32 Å². The van der Waals surface area contributed by atoms with Crippen LogP contribution in [0.5, 0.6) is 0 Å². The maximum Gasteiger partial charge on any atom is 0.371 e. The molecule has 2 N–H and O–H groups in total. The Balaban J connectivity index is 1.89. The van der Waals surface area contributed by atoms with Crippen LogP contribution in [0, 0.1) is 5.92 Å². The summed E-state index contributed by atoms with van der Waals surface area (Å²) in [7, 11) is 0. The Kier molecular flexibility index (Phi) is 5.19. The van der Waals surface area contributed by atoms with Crippen LogP contribution >= 0.6 is 0 Å². The highest BCUT2D eigenvalue weighted by molar-refractivity contribution is 5.93. The van der Waals surface area contributed by atoms with Gasteiger partial charge in [0.05, 0.1) is 0 Å². The molecule has 22 heavy (non-hydrogen) atoms. The van der Waals surface area contributed by atoms with Crippen LogP contribution in [0.1, 0.15) is 47.3 Å². The Morgan fingerprint density at radius 2 is 1.91 bits per heavy atom. The second-order valence-corrected chi connectivity index (χ2v) is 5.33. The maximum atomic E-state index is 12.2. The highest BCUT2D eigenvalue weighted by Crippen LogP contribution is 2.20. The van der Waals surface area contributed by atoms with Gasteiger partial charge in [0.1, 0.15) is 0 Å². The summed E-state index contributed by atoms with van der Waals surface area (Å²) >= 11 is 0. The fourth-order valence-electron chi connectivity index (χ4n) is 2.46. The molecule has 1 aromatic heterocycles. The molecule has 7 nitrogen and oxygen atoms in total. The Hall–Kier alpha value is -2.31. The van der Waals surface area contributed by atoms with Crippen molar-refractivity contribution >= 4 is 17.8 Å². The highest BCUT2D eigenvalue weighted by Gasteiger charge is 2.29. The number of carboxylic acids is 1. The fraction of sp³-hybridized carbons (Fsp3) is 0.533. The van der Waals surface area contributed by atoms with Crippen molar-refractivity contribution in [3.8, 4) is 0 Å². The lowest BCUT2D eigenvalue weighted by Gasteiger charge is -2.30. The molecule has 1 aliphatic rings. The van der Waals surface area contributed by atoms with E-state index < -0.39 is 5.97 Å². The quantitative estimate of drug-likeness (QED) is 0.855. The van der Waals surface area contributed by atoms with Gasteiger partial charge in [-0.3, -0.25) is 9.59 Å². The summed E-state index contributed by atoms with van der Waals surface area (Å²) in [6.07, 6.45) is 2.11. The monoisotopic (exact) mass is 308 g/mol. The summed E-state index contributed by atoms with van der Waals surface area (Å²) in [5, 5.41) is 11.7. The zero-order valence-electron chi connectivity index (χ0n) is 12.5. The average Bonchev–Trinajstić information content (AvgIpc) is 3.02. The maximum absolute atomic E-state index is 12.2. The number of hydrogen-bond acceptors (Lipinski definition) is 4. The van der Waals surface area contributed by atoms with E-state index >= 15 is 0 Å². The molecule has 1 saturated heterocycles. The molecule has 1 fully saturated rings. The number of amides is 2. The predicted octanol–water partition coefficient (Wildman–Crippen LogP) is 1.36. The van der Waals surface area contributed by atoms with E-state index in [9.17, 15) is 14.4 Å². The van der Waals surface area contributed by atoms with Crippen molar-refractivity contribution in [2.24, 2.45) is 5.92 Å². The molecule has 1 aliphatic heterocycles. The van der Waals surface area contributed by atoms with E-state index in [0.29, 0.717) is 32.5 Å². The van der Waals surface area contributed by atoms with E-state index in [1.165, 1.54) is 12.1 Å². The largest absolute Gasteiger partial charge is 0.475 e. The van der Waals surface area contributed by atoms with Gasteiger partial charge in [0.25, 0.3) is 5.91 Å². The number of rotatable bonds is 5. The van der Waals surface area contributed by atoms with Gasteiger partial charge in [-0.1, -0.05) is 6.92 Å². The molecular weight excluding hydrogens is 288 g/mol. The number of likely N-dealkylation sites (tertiary alicyclic amines) is 1. The Bertz CT molecular complexity index is 558. The highest BCUT2D eigenvalue weighted by atomic mass is 16.4. The molecule has 7 heteroatoms. The van der Waals surface area contributed by atoms with Gasteiger partial charge in [-0.25, -0.2) is 4.79 Å². The van der Waals surface area contributed by atoms with Crippen molar-refractivity contribution in [1.29, 1.82) is 0 Å². The van der Waals surface area contributed by atoms with Crippen LogP contribution in [-0.4, -0.2) is 47.4 Å². The molecule has 1 aromatic rings. The van der Waals surface area contributed by atoms with E-state index in [1.807, 2.05) is 6.92 Å². The van der Waals surface area contributed by atoms with Crippen molar-refractivity contribution in [2.75, 3.05) is 19.6 Å². The lowest BCUT2D eigenvalue weighted by Crippen LogP contribution is -2.43. The van der Waals surface area contributed by atoms with Crippen LogP contribution in [-0.2, 0) is 4.79 Å². The van der Waals surface area contributed by atoms with Gasteiger partial charge in [0.2, 0.25) is 11.7 Å². The summed E-state index contributed by atoms with van der Waals surface area (Å²) in [6, 6.07) is 2.63. The molecule has 2 amide bonds. The summed E-state index contributed by atoms with van der Waals surface area (Å²) in [6.45, 7) is 3.59. The number of nitrogens with one attached hydrogen (secondary N) is 1. The number of aromatic carboxylic acids is 1. The minimum atomic E-state index is -1.20. The Morgan fingerprint density at radius 3 is 2.45 bits per heavy atom. The smallest absolute Gasteiger partial charge is 0.371 e. The first kappa shape index (κ1) is 16.1. The third-order valence-electron chi connectivity index (χ3n) is 3.73. The van der Waals surface area contributed by atoms with E-state index in [2.05, 4.69) is 5.32 Å². The molecule has 2 heterocycles. The summed E-state index contributed by atoms with van der Waals surface area (Å²) in [4.78, 5) is 36.5. The fourth-order valence-corrected chi connectivity index (χ4v) is 2.46. The van der Waals surface area contributed by atoms with Crippen molar-refractivity contribution < 1.29 is 23.9 Å². The molecule has 0 atom stereocenters. The number of carboxylic acid groups (broad SMARTS) is 1. The second-order valence-electron chi connectivity index (χ2n) is 5.33. The number of carbonyl (C=O) groups is 3. The van der Waals surface area contributed by atoms with Crippen LogP contribution in [0.3, 0.4) is 0 Å². The zero-order valence-corrected chi connectivity index (χ0v) is 12.5. The van der Waals surface area contributed by atoms with Crippen LogP contribution in [0.2, 0.25) is 0 Å². The van der Waals surface area contributed by atoms with Crippen molar-refractivity contribution in [3.05, 3.63) is 23.7 Å². The van der Waals surface area contributed by atoms with E-state index in [0.717, 1.165) is 6.42 Å². The molecule has 2 rings (SSSR count). The first-order chi connectivity index (χ1) is 10.5. The molecule has 0 bridgehead atoms. The van der Waals surface area contributed by atoms with Crippen LogP contribution in [0.4, 0.5) is 0 Å². The molecule has 0 spiro atoms. The molecule has 120 valence electrons. The number of carbonyl (C=O) groups excluding carboxylic acids is 2. The number of furan rings is 1. The minimum absolute atomic E-state index is 0.0197. The van der Waals surface area contributed by atoms with Crippen molar-refractivity contribution in [3.63, 3.8) is 0 Å². The van der Waals surface area contributed by atoms with Crippen molar-refractivity contribution in [1.82, 2.24) is 10.2 Å². The predicted molar refractivity (Wildman–Crippen MR) is 77.6 cm³/mol. The summed E-state index contributed by atoms with van der Waals surface area (Å²) < 4.78 is 5.02. The number of piperidine rings is 1. The normalized spacial score (nSPS) is 15.6. The third-order valence-corrected chi connectivity index (χ3v) is 3.73. The Morgan fingerprint density at radius 1 is 1.27 bits per heavy atom. The molecular formula is C15H20N2O5. The third kappa shape index (κ3) is 3.66. The summed E-state index contributed by atoms with van der Waals surface area (Å²) in [5.74, 6) is -1.80. The van der Waals surface area contributed by atoms with Gasteiger partial charge in [0.15, 0.2) is 5.76 Å². The minimum Gasteiger partial charge on any atom is -0.475 e. The standard InChI is InChI=1S/C15H20N2O5/c1-2-7-16-13(18)10-5-8-17(9-6-10)14(19)11-3-4-12(22-11)15(20)21/h3-4,10H,2,5-9H2,1H3,(H,16,18)(H,20,21). The molecule has 0 unspecified atom stereocenters. The van der Waals surface area contributed by atoms with Crippen LogP contribution in [0.25, 0.3) is 0 Å². The number of hydrogen-bond donors (Lipinski definition) is 2. The lowest BCUT2D eigenvalue weighted by atomic mass is 9.95. The molecule has 0 saturated carbocycles. The molecule has 0 aliphatic carbocycles. The van der Waals surface area contributed by atoms with Gasteiger partial charge >= 0.3 is 5.97 Å². The first-order valence-corrected chi connectivity index (χ1v) is 7.43. The van der Waals surface area contributed by atoms with Gasteiger partial charge < -0.3 is 19.7 Å². The van der Waals surface area contributed by atoms with Crippen molar-refractivity contribution in [2.45, 2.75) is 26.2 Å². The van der Waals surface area contributed by atoms with Gasteiger partial charge in [0, 0.05) is 25.6 Å². The van der Waals surface area contributed by atoms with Gasteiger partial charge in [-0.05, 0) is 31.4 Å².